The molecular weight excluding hydrogens is 286 g/mol. The molecule has 5 nitrogen and oxygen atoms in total. The smallest absolute Gasteiger partial charge is 0.153 e. The van der Waals surface area contributed by atoms with Crippen LogP contribution in [0.25, 0.3) is 22.4 Å². The van der Waals surface area contributed by atoms with E-state index in [0.29, 0.717) is 12.4 Å². The number of aromatic amines is 1. The van der Waals surface area contributed by atoms with Crippen LogP contribution in [0.15, 0.2) is 41.6 Å². The van der Waals surface area contributed by atoms with E-state index in [1.807, 2.05) is 31.2 Å². The van der Waals surface area contributed by atoms with Crippen LogP contribution in [0.4, 0.5) is 0 Å². The summed E-state index contributed by atoms with van der Waals surface area (Å²) >= 11 is -1.05. The zero-order valence-corrected chi connectivity index (χ0v) is 12.6. The lowest BCUT2D eigenvalue weighted by Crippen LogP contribution is -2.00. The molecule has 0 saturated heterocycles. The van der Waals surface area contributed by atoms with Gasteiger partial charge in [0.2, 0.25) is 0 Å². The maximum absolute atomic E-state index is 11.7. The van der Waals surface area contributed by atoms with Gasteiger partial charge in [0.25, 0.3) is 0 Å². The Hall–Kier alpha value is -2.05. The van der Waals surface area contributed by atoms with Crippen LogP contribution in [0, 0.1) is 0 Å². The van der Waals surface area contributed by atoms with Gasteiger partial charge in [-0.25, -0.2) is 4.98 Å². The molecule has 0 saturated carbocycles. The summed E-state index contributed by atoms with van der Waals surface area (Å²) in [6, 6.07) is 7.37. The predicted octanol–water partition coefficient (Wildman–Crippen LogP) is 2.76. The topological polar surface area (TPSA) is 73.9 Å². The van der Waals surface area contributed by atoms with E-state index in [-0.39, 0.29) is 0 Å². The summed E-state index contributed by atoms with van der Waals surface area (Å²) in [6.07, 6.45) is 5.07. The monoisotopic (exact) mass is 301 g/mol. The number of rotatable bonds is 4. The van der Waals surface area contributed by atoms with Gasteiger partial charge < -0.3 is 14.3 Å². The zero-order valence-electron chi connectivity index (χ0n) is 11.8. The van der Waals surface area contributed by atoms with Crippen LogP contribution in [-0.4, -0.2) is 32.4 Å². The molecule has 1 N–H and O–H groups in total. The minimum absolute atomic E-state index is 0.559. The van der Waals surface area contributed by atoms with Crippen molar-refractivity contribution >= 4 is 22.2 Å². The van der Waals surface area contributed by atoms with E-state index >= 15 is 0 Å². The lowest BCUT2D eigenvalue weighted by molar-refractivity contribution is 0.341. The molecule has 0 bridgehead atoms. The van der Waals surface area contributed by atoms with Crippen molar-refractivity contribution in [2.75, 3.05) is 12.9 Å². The molecule has 0 radical (unpaired) electrons. The van der Waals surface area contributed by atoms with Gasteiger partial charge in [-0.1, -0.05) is 0 Å². The highest BCUT2D eigenvalue weighted by atomic mass is 32.2. The number of hydrogen-bond donors (Lipinski definition) is 1. The fourth-order valence-corrected chi connectivity index (χ4v) is 2.68. The zero-order chi connectivity index (χ0) is 14.8. The minimum atomic E-state index is -1.05. The van der Waals surface area contributed by atoms with E-state index in [9.17, 15) is 4.55 Å². The fraction of sp³-hybridized carbons (Fsp3) is 0.200. The molecule has 3 aromatic rings. The van der Waals surface area contributed by atoms with Gasteiger partial charge in [-0.3, -0.25) is 4.98 Å². The Morgan fingerprint density at radius 1 is 1.33 bits per heavy atom. The molecule has 1 aromatic carbocycles. The number of pyridine rings is 1. The quantitative estimate of drug-likeness (QED) is 0.752. The summed E-state index contributed by atoms with van der Waals surface area (Å²) in [7, 11) is 0. The van der Waals surface area contributed by atoms with Crippen LogP contribution in [0.1, 0.15) is 6.92 Å². The third-order valence-electron chi connectivity index (χ3n) is 3.12. The normalized spacial score (nSPS) is 12.5. The van der Waals surface area contributed by atoms with E-state index < -0.39 is 11.2 Å². The molecule has 0 aliphatic heterocycles. The van der Waals surface area contributed by atoms with Crippen molar-refractivity contribution in [1.82, 2.24) is 15.0 Å². The molecule has 21 heavy (non-hydrogen) atoms. The summed E-state index contributed by atoms with van der Waals surface area (Å²) in [4.78, 5) is 12.6. The van der Waals surface area contributed by atoms with Crippen molar-refractivity contribution in [1.29, 1.82) is 0 Å². The van der Waals surface area contributed by atoms with Crippen LogP contribution >= 0.6 is 0 Å². The number of nitrogens with zero attached hydrogens (tertiary/aromatic N) is 2. The second-order valence-electron chi connectivity index (χ2n) is 4.52. The van der Waals surface area contributed by atoms with E-state index in [1.54, 1.807) is 18.6 Å². The Bertz CT molecular complexity index is 737. The highest BCUT2D eigenvalue weighted by molar-refractivity contribution is 7.90. The molecule has 0 amide bonds. The van der Waals surface area contributed by atoms with Gasteiger partial charge in [-0.05, 0) is 36.3 Å². The van der Waals surface area contributed by atoms with Crippen LogP contribution in [0.2, 0.25) is 0 Å². The minimum Gasteiger partial charge on any atom is -0.612 e. The van der Waals surface area contributed by atoms with E-state index in [4.69, 9.17) is 4.74 Å². The molecule has 6 heteroatoms. The highest BCUT2D eigenvalue weighted by Crippen LogP contribution is 2.31. The van der Waals surface area contributed by atoms with Gasteiger partial charge >= 0.3 is 0 Å². The first-order chi connectivity index (χ1) is 10.2. The van der Waals surface area contributed by atoms with Gasteiger partial charge in [0, 0.05) is 12.3 Å². The number of fused-ring (bicyclic) bond motifs is 1. The van der Waals surface area contributed by atoms with Crippen LogP contribution in [0.3, 0.4) is 0 Å². The average Bonchev–Trinajstić information content (AvgIpc) is 2.91. The first kappa shape index (κ1) is 13.9. The van der Waals surface area contributed by atoms with Crippen molar-refractivity contribution < 1.29 is 9.29 Å². The third kappa shape index (κ3) is 2.72. The molecule has 1 atom stereocenters. The lowest BCUT2D eigenvalue weighted by Gasteiger charge is -2.11. The molecule has 1 unspecified atom stereocenters. The fourth-order valence-electron chi connectivity index (χ4n) is 2.14. The summed E-state index contributed by atoms with van der Waals surface area (Å²) in [5.41, 5.74) is 2.50. The largest absolute Gasteiger partial charge is 0.612 e. The third-order valence-corrected chi connectivity index (χ3v) is 4.04. The van der Waals surface area contributed by atoms with E-state index in [2.05, 4.69) is 15.0 Å². The highest BCUT2D eigenvalue weighted by Gasteiger charge is 2.15. The molecular formula is C15H15N3O2S. The Morgan fingerprint density at radius 2 is 2.19 bits per heavy atom. The molecule has 3 rings (SSSR count). The van der Waals surface area contributed by atoms with Gasteiger partial charge in [0.1, 0.15) is 23.3 Å². The number of benzene rings is 1. The molecule has 108 valence electrons. The first-order valence-electron chi connectivity index (χ1n) is 6.59. The van der Waals surface area contributed by atoms with Gasteiger partial charge in [-0.2, -0.15) is 0 Å². The van der Waals surface area contributed by atoms with Crippen LogP contribution in [0.5, 0.6) is 5.75 Å². The van der Waals surface area contributed by atoms with E-state index in [1.165, 1.54) is 0 Å². The van der Waals surface area contributed by atoms with Gasteiger partial charge in [0.05, 0.1) is 23.9 Å². The molecule has 2 heterocycles. The van der Waals surface area contributed by atoms with Crippen molar-refractivity contribution in [3.63, 3.8) is 0 Å². The van der Waals surface area contributed by atoms with Crippen LogP contribution in [-0.2, 0) is 11.2 Å². The molecule has 2 aromatic heterocycles. The van der Waals surface area contributed by atoms with Crippen molar-refractivity contribution in [3.8, 4) is 17.1 Å². The first-order valence-corrected chi connectivity index (χ1v) is 8.15. The summed E-state index contributed by atoms with van der Waals surface area (Å²) in [5, 5.41) is 0. The van der Waals surface area contributed by atoms with Crippen molar-refractivity contribution in [2.45, 2.75) is 11.8 Å². The number of H-pyrrole nitrogens is 1. The number of imidazole rings is 1. The number of nitrogens with one attached hydrogen (secondary N) is 1. The van der Waals surface area contributed by atoms with E-state index in [0.717, 1.165) is 27.2 Å². The Morgan fingerprint density at radius 3 is 2.90 bits per heavy atom. The predicted molar refractivity (Wildman–Crippen MR) is 82.8 cm³/mol. The van der Waals surface area contributed by atoms with Gasteiger partial charge in [-0.15, -0.1) is 0 Å². The lowest BCUT2D eigenvalue weighted by atomic mass is 10.2. The number of ether oxygens (including phenoxy) is 1. The average molecular weight is 301 g/mol. The standard InChI is InChI=1S/C15H15N3O2S/c1-3-20-14-5-4-10(21(2)19)8-11(14)15-17-12-6-7-16-9-13(12)18-15/h4-9H,3H2,1-2H3,(H,17,18). The second-order valence-corrected chi connectivity index (χ2v) is 5.90. The molecule has 0 aliphatic rings. The summed E-state index contributed by atoms with van der Waals surface area (Å²) in [5.74, 6) is 1.41. The summed E-state index contributed by atoms with van der Waals surface area (Å²) < 4.78 is 17.3. The maximum atomic E-state index is 11.7. The summed E-state index contributed by atoms with van der Waals surface area (Å²) in [6.45, 7) is 2.49. The van der Waals surface area contributed by atoms with Crippen LogP contribution < -0.4 is 4.74 Å². The number of hydrogen-bond acceptors (Lipinski definition) is 4. The number of aromatic nitrogens is 3. The molecule has 0 fully saturated rings. The Kier molecular flexibility index (Phi) is 3.81. The Labute approximate surface area is 125 Å². The molecule has 0 spiro atoms. The molecule has 0 aliphatic carbocycles. The van der Waals surface area contributed by atoms with Gasteiger partial charge in [0.15, 0.2) is 4.90 Å². The maximum Gasteiger partial charge on any atom is 0.153 e. The Balaban J connectivity index is 2.15. The second kappa shape index (κ2) is 5.75. The van der Waals surface area contributed by atoms with Crippen molar-refractivity contribution in [3.05, 3.63) is 36.7 Å². The van der Waals surface area contributed by atoms with Crippen molar-refractivity contribution in [2.24, 2.45) is 0 Å². The SMILES string of the molecule is CCOc1ccc([S+](C)[O-])cc1-c1nc2cnccc2[nH]1.